The Morgan fingerprint density at radius 3 is 2.76 bits per heavy atom. The van der Waals surface area contributed by atoms with E-state index in [2.05, 4.69) is 26.4 Å². The van der Waals surface area contributed by atoms with E-state index < -0.39 is 0 Å². The molecule has 7 heteroatoms. The van der Waals surface area contributed by atoms with Crippen LogP contribution in [0.1, 0.15) is 30.0 Å². The van der Waals surface area contributed by atoms with Crippen LogP contribution in [0, 0.1) is 0 Å². The van der Waals surface area contributed by atoms with E-state index >= 15 is 0 Å². The molecular weight excluding hydrogens is 314 g/mol. The van der Waals surface area contributed by atoms with Gasteiger partial charge in [0.2, 0.25) is 5.95 Å². The highest BCUT2D eigenvalue weighted by atomic mass is 15.3. The van der Waals surface area contributed by atoms with Crippen molar-refractivity contribution in [3.05, 3.63) is 60.0 Å². The van der Waals surface area contributed by atoms with Gasteiger partial charge in [0.1, 0.15) is 5.82 Å². The lowest BCUT2D eigenvalue weighted by molar-refractivity contribution is 0.345. The third-order valence-corrected chi connectivity index (χ3v) is 4.56. The lowest BCUT2D eigenvalue weighted by Crippen LogP contribution is -2.35. The van der Waals surface area contributed by atoms with Gasteiger partial charge in [0.25, 0.3) is 0 Å². The fourth-order valence-corrected chi connectivity index (χ4v) is 3.17. The first kappa shape index (κ1) is 15.6. The average Bonchev–Trinajstić information content (AvgIpc) is 3.11. The fourth-order valence-electron chi connectivity index (χ4n) is 3.17. The second kappa shape index (κ2) is 6.52. The summed E-state index contributed by atoms with van der Waals surface area (Å²) in [6.45, 7) is 0.621. The van der Waals surface area contributed by atoms with Crippen molar-refractivity contribution in [2.75, 3.05) is 11.1 Å². The average molecular weight is 335 g/mol. The number of aromatic nitrogens is 4. The minimum absolute atomic E-state index is 0.276. The predicted molar refractivity (Wildman–Crippen MR) is 97.3 cm³/mol. The van der Waals surface area contributed by atoms with Crippen LogP contribution in [0.2, 0.25) is 0 Å². The van der Waals surface area contributed by atoms with Crippen LogP contribution < -0.4 is 16.8 Å². The second-order valence-electron chi connectivity index (χ2n) is 6.40. The van der Waals surface area contributed by atoms with Gasteiger partial charge in [-0.15, -0.1) is 0 Å². The normalized spacial score (nSPS) is 19.4. The van der Waals surface area contributed by atoms with Gasteiger partial charge in [-0.3, -0.25) is 0 Å². The highest BCUT2D eigenvalue weighted by Crippen LogP contribution is 2.35. The number of nitrogens with zero attached hydrogens (tertiary/aromatic N) is 4. The van der Waals surface area contributed by atoms with Crippen molar-refractivity contribution < 1.29 is 0 Å². The van der Waals surface area contributed by atoms with Gasteiger partial charge in [-0.05, 0) is 30.5 Å². The van der Waals surface area contributed by atoms with E-state index in [4.69, 9.17) is 11.5 Å². The first-order valence-corrected chi connectivity index (χ1v) is 8.41. The van der Waals surface area contributed by atoms with E-state index in [1.807, 2.05) is 41.2 Å². The molecule has 0 amide bonds. The number of benzene rings is 1. The first-order valence-electron chi connectivity index (χ1n) is 8.41. The monoisotopic (exact) mass is 335 g/mol. The van der Waals surface area contributed by atoms with E-state index in [0.29, 0.717) is 18.4 Å². The maximum Gasteiger partial charge on any atom is 0.222 e. The predicted octanol–water partition coefficient (Wildman–Crippen LogP) is 2.06. The number of nitrogens with two attached hydrogens (primary N) is 2. The Morgan fingerprint density at radius 2 is 2.00 bits per heavy atom. The summed E-state index contributed by atoms with van der Waals surface area (Å²) < 4.78 is 1.85. The van der Waals surface area contributed by atoms with E-state index in [1.54, 1.807) is 6.20 Å². The van der Waals surface area contributed by atoms with E-state index in [1.165, 1.54) is 0 Å². The summed E-state index contributed by atoms with van der Waals surface area (Å²) in [6, 6.07) is 12.3. The molecule has 1 fully saturated rings. The number of hydrogen-bond donors (Lipinski definition) is 3. The van der Waals surface area contributed by atoms with Crippen molar-refractivity contribution in [2.24, 2.45) is 5.73 Å². The van der Waals surface area contributed by atoms with Gasteiger partial charge in [0, 0.05) is 37.0 Å². The molecule has 7 nitrogen and oxygen atoms in total. The molecule has 0 saturated heterocycles. The third-order valence-electron chi connectivity index (χ3n) is 4.56. The topological polar surface area (TPSA) is 108 Å². The van der Waals surface area contributed by atoms with Crippen molar-refractivity contribution >= 4 is 11.8 Å². The summed E-state index contributed by atoms with van der Waals surface area (Å²) in [6.07, 6.45) is 5.61. The number of nitrogens with one attached hydrogen (secondary N) is 1. The Balaban J connectivity index is 1.52. The summed E-state index contributed by atoms with van der Waals surface area (Å²) in [5.41, 5.74) is 14.9. The van der Waals surface area contributed by atoms with Gasteiger partial charge in [-0.2, -0.15) is 10.1 Å². The van der Waals surface area contributed by atoms with Gasteiger partial charge < -0.3 is 16.8 Å². The molecule has 0 radical (unpaired) electrons. The van der Waals surface area contributed by atoms with Crippen LogP contribution in [0.3, 0.4) is 0 Å². The molecule has 1 aliphatic rings. The van der Waals surface area contributed by atoms with E-state index in [-0.39, 0.29) is 6.04 Å². The number of nitrogen functional groups attached to an aromatic ring is 1. The molecule has 0 atom stereocenters. The van der Waals surface area contributed by atoms with E-state index in [0.717, 1.165) is 35.6 Å². The van der Waals surface area contributed by atoms with Crippen molar-refractivity contribution in [2.45, 2.75) is 31.3 Å². The largest absolute Gasteiger partial charge is 0.368 e. The quantitative estimate of drug-likeness (QED) is 0.659. The Labute approximate surface area is 146 Å². The van der Waals surface area contributed by atoms with Gasteiger partial charge in [0.15, 0.2) is 0 Å². The molecule has 128 valence electrons. The van der Waals surface area contributed by atoms with Gasteiger partial charge in [-0.25, -0.2) is 9.67 Å². The summed E-state index contributed by atoms with van der Waals surface area (Å²) >= 11 is 0. The molecule has 0 bridgehead atoms. The molecule has 25 heavy (non-hydrogen) atoms. The standard InChI is InChI=1S/C18H21N7/c19-14-8-13(9-14)15-10-17(24-18(20)23-15)21-11-12-4-1-2-5-16(12)25-7-3-6-22-25/h1-7,10,13-14H,8-9,11,19H2,(H3,20,21,23,24). The Bertz CT molecular complexity index is 854. The summed E-state index contributed by atoms with van der Waals surface area (Å²) in [5, 5.41) is 7.67. The van der Waals surface area contributed by atoms with Gasteiger partial charge in [-0.1, -0.05) is 18.2 Å². The smallest absolute Gasteiger partial charge is 0.222 e. The van der Waals surface area contributed by atoms with Gasteiger partial charge in [0.05, 0.1) is 11.4 Å². The summed E-state index contributed by atoms with van der Waals surface area (Å²) in [7, 11) is 0. The maximum absolute atomic E-state index is 5.88. The van der Waals surface area contributed by atoms with Crippen LogP contribution in [0.4, 0.5) is 11.8 Å². The van der Waals surface area contributed by atoms with Crippen molar-refractivity contribution in [3.8, 4) is 5.69 Å². The Hall–Kier alpha value is -2.93. The Morgan fingerprint density at radius 1 is 1.16 bits per heavy atom. The molecule has 1 aliphatic carbocycles. The van der Waals surface area contributed by atoms with Crippen LogP contribution in [0.25, 0.3) is 5.69 Å². The Kier molecular flexibility index (Phi) is 4.07. The summed E-state index contributed by atoms with van der Waals surface area (Å²) in [5.74, 6) is 1.41. The van der Waals surface area contributed by atoms with Crippen molar-refractivity contribution in [3.63, 3.8) is 0 Å². The second-order valence-corrected chi connectivity index (χ2v) is 6.40. The molecule has 1 saturated carbocycles. The van der Waals surface area contributed by atoms with Crippen LogP contribution in [0.5, 0.6) is 0 Å². The van der Waals surface area contributed by atoms with E-state index in [9.17, 15) is 0 Å². The van der Waals surface area contributed by atoms with Crippen LogP contribution in [0.15, 0.2) is 48.8 Å². The first-order chi connectivity index (χ1) is 12.2. The number of rotatable bonds is 5. The highest BCUT2D eigenvalue weighted by Gasteiger charge is 2.29. The zero-order valence-electron chi connectivity index (χ0n) is 13.8. The number of anilines is 2. The third kappa shape index (κ3) is 3.32. The van der Waals surface area contributed by atoms with Crippen LogP contribution in [-0.4, -0.2) is 25.8 Å². The molecular formula is C18H21N7. The minimum atomic E-state index is 0.276. The van der Waals surface area contributed by atoms with Crippen LogP contribution in [-0.2, 0) is 6.54 Å². The molecule has 1 aromatic carbocycles. The molecule has 4 rings (SSSR count). The molecule has 3 aromatic rings. The van der Waals surface area contributed by atoms with Crippen molar-refractivity contribution in [1.29, 1.82) is 0 Å². The zero-order valence-corrected chi connectivity index (χ0v) is 13.8. The van der Waals surface area contributed by atoms with Crippen LogP contribution >= 0.6 is 0 Å². The highest BCUT2D eigenvalue weighted by molar-refractivity contribution is 5.46. The molecule has 0 unspecified atom stereocenters. The zero-order chi connectivity index (χ0) is 17.2. The van der Waals surface area contributed by atoms with Crippen molar-refractivity contribution in [1.82, 2.24) is 19.7 Å². The summed E-state index contributed by atoms with van der Waals surface area (Å²) in [4.78, 5) is 8.66. The molecule has 2 aromatic heterocycles. The maximum atomic E-state index is 5.88. The molecule has 2 heterocycles. The molecule has 5 N–H and O–H groups in total. The van der Waals surface area contributed by atoms with Gasteiger partial charge >= 0.3 is 0 Å². The molecule has 0 spiro atoms. The minimum Gasteiger partial charge on any atom is -0.368 e. The fraction of sp³-hybridized carbons (Fsp3) is 0.278. The number of para-hydroxylation sites is 1. The lowest BCUT2D eigenvalue weighted by Gasteiger charge is -2.32. The SMILES string of the molecule is Nc1nc(NCc2ccccc2-n2cccn2)cc(C2CC(N)C2)n1. The number of hydrogen-bond acceptors (Lipinski definition) is 6. The molecule has 0 aliphatic heterocycles. The lowest BCUT2D eigenvalue weighted by atomic mass is 9.78.